The quantitative estimate of drug-likeness (QED) is 0.399. The third kappa shape index (κ3) is 4.33. The molecule has 0 amide bonds. The van der Waals surface area contributed by atoms with Crippen LogP contribution >= 0.6 is 24.0 Å². The van der Waals surface area contributed by atoms with Gasteiger partial charge in [0.15, 0.2) is 5.96 Å². The monoisotopic (exact) mass is 492 g/mol. The Bertz CT molecular complexity index is 743. The van der Waals surface area contributed by atoms with E-state index in [-0.39, 0.29) is 24.0 Å². The van der Waals surface area contributed by atoms with Crippen LogP contribution in [0.15, 0.2) is 34.2 Å². The molecule has 8 heteroatoms. The molecule has 0 atom stereocenters. The molecule has 1 saturated heterocycles. The molecule has 1 aromatic rings. The number of guanidine groups is 1. The van der Waals surface area contributed by atoms with Gasteiger partial charge in [0.25, 0.3) is 0 Å². The van der Waals surface area contributed by atoms with Crippen molar-refractivity contribution in [2.45, 2.75) is 37.1 Å². The van der Waals surface area contributed by atoms with Gasteiger partial charge >= 0.3 is 0 Å². The average molecular weight is 492 g/mol. The van der Waals surface area contributed by atoms with Crippen LogP contribution in [0.5, 0.6) is 0 Å². The number of likely N-dealkylation sites (tertiary alicyclic amines) is 1. The summed E-state index contributed by atoms with van der Waals surface area (Å²) in [7, 11) is 1.53. The number of rotatable bonds is 4. The summed E-state index contributed by atoms with van der Waals surface area (Å²) in [6.45, 7) is 2.81. The van der Waals surface area contributed by atoms with Gasteiger partial charge in [0.1, 0.15) is 0 Å². The molecule has 1 aromatic carbocycles. The third-order valence-electron chi connectivity index (χ3n) is 5.52. The van der Waals surface area contributed by atoms with Crippen LogP contribution in [0.1, 0.15) is 31.2 Å². The molecule has 0 unspecified atom stereocenters. The Labute approximate surface area is 174 Å². The first-order chi connectivity index (χ1) is 11.9. The summed E-state index contributed by atoms with van der Waals surface area (Å²) in [4.78, 5) is 7.09. The molecule has 1 heterocycles. The Morgan fingerprint density at radius 2 is 1.88 bits per heavy atom. The molecule has 0 aromatic heterocycles. The van der Waals surface area contributed by atoms with Gasteiger partial charge in [0.05, 0.1) is 4.90 Å². The largest absolute Gasteiger partial charge is 0.352 e. The summed E-state index contributed by atoms with van der Waals surface area (Å²) in [6.07, 6.45) is 5.33. The number of nitrogens with zero attached hydrogens (tertiary/aromatic N) is 3. The fourth-order valence-corrected chi connectivity index (χ4v) is 4.61. The van der Waals surface area contributed by atoms with Crippen LogP contribution in [-0.4, -0.2) is 57.8 Å². The number of benzene rings is 1. The molecule has 3 rings (SSSR count). The number of sulfonamides is 1. The van der Waals surface area contributed by atoms with Crippen molar-refractivity contribution in [3.05, 3.63) is 29.8 Å². The second-order valence-corrected chi connectivity index (χ2v) is 9.51. The lowest BCUT2D eigenvalue weighted by molar-refractivity contribution is 0.151. The van der Waals surface area contributed by atoms with Crippen LogP contribution in [-0.2, 0) is 16.6 Å². The van der Waals surface area contributed by atoms with Gasteiger partial charge in [-0.1, -0.05) is 18.6 Å². The maximum Gasteiger partial charge on any atom is 0.242 e. The zero-order valence-electron chi connectivity index (χ0n) is 15.7. The molecule has 1 spiro atoms. The standard InChI is InChI=1S/C18H28N4O2S.HI/c1-19-17(22-12-11-18(14-22)9-4-10-18)20-13-15-5-7-16(8-6-15)25(23,24)21(2)3;/h5-8H,4,9-14H2,1-3H3,(H,19,20);1H. The maximum absolute atomic E-state index is 12.1. The number of halogens is 1. The molecule has 1 N–H and O–H groups in total. The van der Waals surface area contributed by atoms with E-state index in [1.165, 1.54) is 30.0 Å². The van der Waals surface area contributed by atoms with E-state index < -0.39 is 10.0 Å². The normalized spacial score (nSPS) is 19.4. The van der Waals surface area contributed by atoms with Crippen LogP contribution in [0.2, 0.25) is 0 Å². The molecule has 0 radical (unpaired) electrons. The molecule has 2 aliphatic rings. The van der Waals surface area contributed by atoms with Crippen LogP contribution in [0.4, 0.5) is 0 Å². The molecule has 0 bridgehead atoms. The first-order valence-electron chi connectivity index (χ1n) is 8.83. The van der Waals surface area contributed by atoms with Crippen LogP contribution < -0.4 is 5.32 Å². The van der Waals surface area contributed by atoms with E-state index in [0.29, 0.717) is 16.9 Å². The van der Waals surface area contributed by atoms with E-state index in [1.807, 2.05) is 19.2 Å². The molecule has 146 valence electrons. The molecule has 1 aliphatic carbocycles. The van der Waals surface area contributed by atoms with Crippen LogP contribution in [0.3, 0.4) is 0 Å². The smallest absolute Gasteiger partial charge is 0.242 e. The number of nitrogens with one attached hydrogen (secondary N) is 1. The van der Waals surface area contributed by atoms with Gasteiger partial charge in [0.2, 0.25) is 10.0 Å². The Kier molecular flexibility index (Phi) is 6.95. The van der Waals surface area contributed by atoms with Crippen LogP contribution in [0.25, 0.3) is 0 Å². The van der Waals surface area contributed by atoms with Crippen molar-refractivity contribution in [2.75, 3.05) is 34.2 Å². The number of hydrogen-bond donors (Lipinski definition) is 1. The fraction of sp³-hybridized carbons (Fsp3) is 0.611. The highest BCUT2D eigenvalue weighted by Crippen LogP contribution is 2.47. The summed E-state index contributed by atoms with van der Waals surface area (Å²) in [5.74, 6) is 0.939. The lowest BCUT2D eigenvalue weighted by atomic mass is 9.68. The van der Waals surface area contributed by atoms with Crippen molar-refractivity contribution in [2.24, 2.45) is 10.4 Å². The van der Waals surface area contributed by atoms with E-state index in [9.17, 15) is 8.42 Å². The minimum atomic E-state index is -3.37. The van der Waals surface area contributed by atoms with Crippen molar-refractivity contribution in [1.82, 2.24) is 14.5 Å². The van der Waals surface area contributed by atoms with Gasteiger partial charge in [-0.05, 0) is 42.4 Å². The fourth-order valence-electron chi connectivity index (χ4n) is 3.70. The van der Waals surface area contributed by atoms with Gasteiger partial charge < -0.3 is 10.2 Å². The van der Waals surface area contributed by atoms with E-state index in [2.05, 4.69) is 15.2 Å². The topological polar surface area (TPSA) is 65.0 Å². The summed E-state index contributed by atoms with van der Waals surface area (Å²) in [6, 6.07) is 7.03. The summed E-state index contributed by atoms with van der Waals surface area (Å²) in [5.41, 5.74) is 1.58. The highest BCUT2D eigenvalue weighted by molar-refractivity contribution is 14.0. The second kappa shape index (κ2) is 8.43. The predicted molar refractivity (Wildman–Crippen MR) is 115 cm³/mol. The first-order valence-corrected chi connectivity index (χ1v) is 10.3. The Morgan fingerprint density at radius 1 is 1.23 bits per heavy atom. The minimum Gasteiger partial charge on any atom is -0.352 e. The second-order valence-electron chi connectivity index (χ2n) is 7.36. The van der Waals surface area contributed by atoms with Crippen molar-refractivity contribution in [3.63, 3.8) is 0 Å². The summed E-state index contributed by atoms with van der Waals surface area (Å²) < 4.78 is 25.4. The lowest BCUT2D eigenvalue weighted by Crippen LogP contribution is -2.42. The molecule has 1 aliphatic heterocycles. The van der Waals surface area contributed by atoms with E-state index in [1.54, 1.807) is 26.2 Å². The number of hydrogen-bond acceptors (Lipinski definition) is 3. The molecule has 2 fully saturated rings. The minimum absolute atomic E-state index is 0. The third-order valence-corrected chi connectivity index (χ3v) is 7.35. The Balaban J connectivity index is 0.00000243. The Morgan fingerprint density at radius 3 is 2.35 bits per heavy atom. The highest BCUT2D eigenvalue weighted by Gasteiger charge is 2.43. The average Bonchev–Trinajstić information content (AvgIpc) is 3.02. The molecular formula is C18H29IN4O2S. The van der Waals surface area contributed by atoms with Gasteiger partial charge in [-0.15, -0.1) is 24.0 Å². The van der Waals surface area contributed by atoms with Gasteiger partial charge in [-0.25, -0.2) is 12.7 Å². The number of aliphatic imine (C=N–C) groups is 1. The highest BCUT2D eigenvalue weighted by atomic mass is 127. The maximum atomic E-state index is 12.1. The van der Waals surface area contributed by atoms with E-state index in [4.69, 9.17) is 0 Å². The summed E-state index contributed by atoms with van der Waals surface area (Å²) in [5, 5.41) is 3.41. The van der Waals surface area contributed by atoms with Gasteiger partial charge in [-0.3, -0.25) is 4.99 Å². The molecule has 26 heavy (non-hydrogen) atoms. The van der Waals surface area contributed by atoms with Crippen molar-refractivity contribution < 1.29 is 8.42 Å². The molecular weight excluding hydrogens is 463 g/mol. The zero-order valence-corrected chi connectivity index (χ0v) is 18.9. The van der Waals surface area contributed by atoms with Crippen molar-refractivity contribution >= 4 is 40.0 Å². The van der Waals surface area contributed by atoms with Gasteiger partial charge in [-0.2, -0.15) is 0 Å². The molecule has 6 nitrogen and oxygen atoms in total. The van der Waals surface area contributed by atoms with E-state index in [0.717, 1.165) is 24.6 Å². The van der Waals surface area contributed by atoms with E-state index >= 15 is 0 Å². The van der Waals surface area contributed by atoms with Gasteiger partial charge in [0, 0.05) is 40.8 Å². The predicted octanol–water partition coefficient (Wildman–Crippen LogP) is 2.51. The first kappa shape index (κ1) is 21.4. The van der Waals surface area contributed by atoms with Crippen molar-refractivity contribution in [1.29, 1.82) is 0 Å². The summed E-state index contributed by atoms with van der Waals surface area (Å²) >= 11 is 0. The SMILES string of the molecule is CN=C(NCc1ccc(S(=O)(=O)N(C)C)cc1)N1CCC2(CCC2)C1.I. The van der Waals surface area contributed by atoms with Crippen LogP contribution in [0, 0.1) is 5.41 Å². The lowest BCUT2D eigenvalue weighted by Gasteiger charge is -2.38. The Hall–Kier alpha value is -0.870. The zero-order chi connectivity index (χ0) is 18.1. The van der Waals surface area contributed by atoms with Crippen molar-refractivity contribution in [3.8, 4) is 0 Å². The molecule has 1 saturated carbocycles.